The van der Waals surface area contributed by atoms with E-state index in [4.69, 9.17) is 0 Å². The number of thiophene rings is 1. The van der Waals surface area contributed by atoms with Gasteiger partial charge in [0, 0.05) is 23.8 Å². The Labute approximate surface area is 184 Å². The van der Waals surface area contributed by atoms with Crippen molar-refractivity contribution in [3.05, 3.63) is 95.6 Å². The van der Waals surface area contributed by atoms with Gasteiger partial charge in [-0.25, -0.2) is 8.42 Å². The topological polar surface area (TPSA) is 93.1 Å². The molecule has 0 unspecified atom stereocenters. The van der Waals surface area contributed by atoms with Gasteiger partial charge < -0.3 is 5.32 Å². The van der Waals surface area contributed by atoms with Gasteiger partial charge in [0.15, 0.2) is 0 Å². The zero-order valence-electron chi connectivity index (χ0n) is 16.4. The second-order valence-electron chi connectivity index (χ2n) is 6.86. The molecule has 0 bridgehead atoms. The maximum Gasteiger partial charge on any atom is 0.271 e. The summed E-state index contributed by atoms with van der Waals surface area (Å²) >= 11 is 1.16. The first-order valence-electron chi connectivity index (χ1n) is 9.49. The summed E-state index contributed by atoms with van der Waals surface area (Å²) in [5.74, 6) is -0.150. The van der Waals surface area contributed by atoms with Gasteiger partial charge in [0.25, 0.3) is 10.0 Å². The van der Waals surface area contributed by atoms with Crippen molar-refractivity contribution in [2.75, 3.05) is 10.0 Å². The molecule has 0 radical (unpaired) electrons. The number of anilines is 2. The van der Waals surface area contributed by atoms with Crippen molar-refractivity contribution < 1.29 is 13.2 Å². The summed E-state index contributed by atoms with van der Waals surface area (Å²) in [6.45, 7) is 0.625. The second-order valence-corrected chi connectivity index (χ2v) is 9.72. The average Bonchev–Trinajstić information content (AvgIpc) is 3.44. The predicted molar refractivity (Wildman–Crippen MR) is 122 cm³/mol. The lowest BCUT2D eigenvalue weighted by Gasteiger charge is -2.09. The van der Waals surface area contributed by atoms with Crippen molar-refractivity contribution in [3.63, 3.8) is 0 Å². The first-order valence-corrected chi connectivity index (χ1v) is 11.9. The number of amides is 1. The summed E-state index contributed by atoms with van der Waals surface area (Å²) in [5.41, 5.74) is 2.98. The van der Waals surface area contributed by atoms with E-state index in [-0.39, 0.29) is 16.5 Å². The Hall–Kier alpha value is -3.43. The molecule has 4 aromatic rings. The van der Waals surface area contributed by atoms with E-state index in [2.05, 4.69) is 15.1 Å². The van der Waals surface area contributed by atoms with Gasteiger partial charge in [0.1, 0.15) is 4.21 Å². The first kappa shape index (κ1) is 20.8. The highest BCUT2D eigenvalue weighted by Crippen LogP contribution is 2.20. The second kappa shape index (κ2) is 9.15. The monoisotopic (exact) mass is 452 g/mol. The molecule has 2 aromatic heterocycles. The van der Waals surface area contributed by atoms with Crippen molar-refractivity contribution in [1.29, 1.82) is 0 Å². The van der Waals surface area contributed by atoms with Gasteiger partial charge in [-0.1, -0.05) is 30.3 Å². The molecule has 7 nitrogen and oxygen atoms in total. The van der Waals surface area contributed by atoms with Gasteiger partial charge in [-0.3, -0.25) is 14.2 Å². The zero-order chi connectivity index (χ0) is 21.7. The Morgan fingerprint density at radius 1 is 0.968 bits per heavy atom. The Morgan fingerprint density at radius 2 is 1.81 bits per heavy atom. The number of hydrogen-bond acceptors (Lipinski definition) is 5. The zero-order valence-corrected chi connectivity index (χ0v) is 18.1. The Morgan fingerprint density at radius 3 is 2.52 bits per heavy atom. The molecule has 0 aliphatic heterocycles. The molecule has 9 heteroatoms. The summed E-state index contributed by atoms with van der Waals surface area (Å²) in [7, 11) is -3.59. The number of sulfonamides is 1. The lowest BCUT2D eigenvalue weighted by atomic mass is 10.1. The van der Waals surface area contributed by atoms with E-state index in [1.165, 1.54) is 0 Å². The molecule has 0 aliphatic rings. The smallest absolute Gasteiger partial charge is 0.271 e. The maximum atomic E-state index is 12.4. The molecular weight excluding hydrogens is 432 g/mol. The van der Waals surface area contributed by atoms with E-state index in [9.17, 15) is 13.2 Å². The largest absolute Gasteiger partial charge is 0.326 e. The number of benzene rings is 2. The fourth-order valence-electron chi connectivity index (χ4n) is 3.03. The van der Waals surface area contributed by atoms with E-state index < -0.39 is 10.0 Å². The summed E-state index contributed by atoms with van der Waals surface area (Å²) in [6, 6.07) is 19.5. The van der Waals surface area contributed by atoms with Gasteiger partial charge in [-0.15, -0.1) is 11.3 Å². The molecule has 4 rings (SSSR count). The van der Waals surface area contributed by atoms with Gasteiger partial charge in [0.05, 0.1) is 13.0 Å². The van der Waals surface area contributed by atoms with Crippen molar-refractivity contribution in [2.24, 2.45) is 0 Å². The van der Waals surface area contributed by atoms with E-state index in [1.54, 1.807) is 48.0 Å². The highest BCUT2D eigenvalue weighted by molar-refractivity contribution is 7.94. The molecule has 0 aliphatic carbocycles. The molecule has 2 aromatic carbocycles. The standard InChI is InChI=1S/C22H20N4O3S2/c27-21(24-20-5-1-4-18(14-20)16-26-12-3-11-23-26)15-17-7-9-19(10-8-17)25-31(28,29)22-6-2-13-30-22/h1-14,25H,15-16H2,(H,24,27). The molecule has 2 N–H and O–H groups in total. The minimum absolute atomic E-state index is 0.150. The highest BCUT2D eigenvalue weighted by Gasteiger charge is 2.15. The molecule has 2 heterocycles. The maximum absolute atomic E-state index is 12.4. The average molecular weight is 453 g/mol. The number of carbonyl (C=O) groups is 1. The van der Waals surface area contributed by atoms with E-state index >= 15 is 0 Å². The fourth-order valence-corrected chi connectivity index (χ4v) is 5.08. The molecular formula is C22H20N4O3S2. The third kappa shape index (κ3) is 5.59. The molecule has 0 fully saturated rings. The molecule has 158 valence electrons. The van der Waals surface area contributed by atoms with Gasteiger partial charge >= 0.3 is 0 Å². The van der Waals surface area contributed by atoms with Crippen molar-refractivity contribution in [2.45, 2.75) is 17.2 Å². The third-order valence-electron chi connectivity index (χ3n) is 4.45. The Kier molecular flexibility index (Phi) is 6.15. The summed E-state index contributed by atoms with van der Waals surface area (Å²) in [4.78, 5) is 12.4. The Bertz CT molecular complexity index is 1250. The van der Waals surface area contributed by atoms with Crippen molar-refractivity contribution in [3.8, 4) is 0 Å². The Balaban J connectivity index is 1.35. The van der Waals surface area contributed by atoms with Crippen LogP contribution in [-0.2, 0) is 27.8 Å². The predicted octanol–water partition coefficient (Wildman–Crippen LogP) is 3.97. The molecule has 0 spiro atoms. The third-order valence-corrected chi connectivity index (χ3v) is 7.22. The van der Waals surface area contributed by atoms with Crippen LogP contribution < -0.4 is 10.0 Å². The normalized spacial score (nSPS) is 11.2. The van der Waals surface area contributed by atoms with Crippen LogP contribution in [0.25, 0.3) is 0 Å². The molecule has 0 atom stereocenters. The molecule has 0 saturated carbocycles. The molecule has 0 saturated heterocycles. The van der Waals surface area contributed by atoms with Crippen LogP contribution in [0.3, 0.4) is 0 Å². The van der Waals surface area contributed by atoms with Crippen LogP contribution in [0.4, 0.5) is 11.4 Å². The number of nitrogens with zero attached hydrogens (tertiary/aromatic N) is 2. The van der Waals surface area contributed by atoms with Crippen LogP contribution in [0, 0.1) is 0 Å². The van der Waals surface area contributed by atoms with Crippen LogP contribution in [0.5, 0.6) is 0 Å². The summed E-state index contributed by atoms with van der Waals surface area (Å²) in [5, 5.41) is 8.80. The van der Waals surface area contributed by atoms with Gasteiger partial charge in [-0.05, 0) is 52.9 Å². The summed E-state index contributed by atoms with van der Waals surface area (Å²) in [6.07, 6.45) is 3.79. The number of hydrogen-bond donors (Lipinski definition) is 2. The van der Waals surface area contributed by atoms with E-state index in [0.717, 1.165) is 28.2 Å². The SMILES string of the molecule is O=C(Cc1ccc(NS(=O)(=O)c2cccs2)cc1)Nc1cccc(Cn2cccn2)c1. The number of rotatable bonds is 8. The van der Waals surface area contributed by atoms with Gasteiger partial charge in [0.2, 0.25) is 5.91 Å². The quantitative estimate of drug-likeness (QED) is 0.423. The van der Waals surface area contributed by atoms with Crippen molar-refractivity contribution in [1.82, 2.24) is 9.78 Å². The molecule has 1 amide bonds. The van der Waals surface area contributed by atoms with Crippen LogP contribution >= 0.6 is 11.3 Å². The lowest BCUT2D eigenvalue weighted by Crippen LogP contribution is -2.15. The molecule has 31 heavy (non-hydrogen) atoms. The van der Waals surface area contributed by atoms with Crippen LogP contribution in [0.15, 0.2) is 88.7 Å². The van der Waals surface area contributed by atoms with E-state index in [0.29, 0.717) is 12.2 Å². The van der Waals surface area contributed by atoms with Crippen molar-refractivity contribution >= 4 is 38.6 Å². The lowest BCUT2D eigenvalue weighted by molar-refractivity contribution is -0.115. The van der Waals surface area contributed by atoms with Gasteiger partial charge in [-0.2, -0.15) is 5.10 Å². The minimum atomic E-state index is -3.59. The number of carbonyl (C=O) groups excluding carboxylic acids is 1. The van der Waals surface area contributed by atoms with Crippen LogP contribution in [0.2, 0.25) is 0 Å². The van der Waals surface area contributed by atoms with Crippen LogP contribution in [0.1, 0.15) is 11.1 Å². The number of aromatic nitrogens is 2. The minimum Gasteiger partial charge on any atom is -0.326 e. The highest BCUT2D eigenvalue weighted by atomic mass is 32.2. The number of nitrogens with one attached hydrogen (secondary N) is 2. The summed E-state index contributed by atoms with van der Waals surface area (Å²) < 4.78 is 29.2. The van der Waals surface area contributed by atoms with Crippen LogP contribution in [-0.4, -0.2) is 24.1 Å². The first-order chi connectivity index (χ1) is 15.0. The van der Waals surface area contributed by atoms with E-state index in [1.807, 2.05) is 41.2 Å². The fraction of sp³-hybridized carbons (Fsp3) is 0.0909.